The monoisotopic (exact) mass is 2260 g/mol. The van der Waals surface area contributed by atoms with Crippen molar-refractivity contribution in [3.8, 4) is 0 Å². The van der Waals surface area contributed by atoms with E-state index in [0.29, 0.717) is 28.7 Å². The van der Waals surface area contributed by atoms with Crippen LogP contribution in [0.3, 0.4) is 0 Å². The number of thiol groups is 1. The second-order valence-electron chi connectivity index (χ2n) is 38.8. The maximum atomic E-state index is 12.0. The van der Waals surface area contributed by atoms with Gasteiger partial charge in [-0.05, 0) is 90.1 Å². The summed E-state index contributed by atoms with van der Waals surface area (Å²) in [7, 11) is 3.10. The van der Waals surface area contributed by atoms with Crippen LogP contribution in [0.25, 0.3) is 0 Å². The number of thioether (sulfide) groups is 2. The summed E-state index contributed by atoms with van der Waals surface area (Å²) in [6, 6.07) is 0. The van der Waals surface area contributed by atoms with Crippen molar-refractivity contribution in [2.75, 3.05) is 81.5 Å². The molecule has 11 heterocycles. The zero-order valence-electron chi connectivity index (χ0n) is 89.1. The number of carbonyl (C=O) groups excluding carboxylic acids is 12. The number of nitrogens with two attached hydrogens (primary N) is 2. The molecule has 2 saturated carbocycles. The molecule has 0 aromatic heterocycles. The first kappa shape index (κ1) is 137. The molecule has 2 aliphatic carbocycles. The molecule has 0 radical (unpaired) electrons. The number of nitrogens with one attached hydrogen (secondary N) is 3. The largest absolute Gasteiger partial charge is 1.00 e. The normalized spacial score (nSPS) is 29.0. The number of fused-ring (bicyclic) bond motifs is 9. The number of hydrogen-bond donors (Lipinski definition) is 6. The first-order chi connectivity index (χ1) is 66.3. The molecule has 13 aliphatic rings. The van der Waals surface area contributed by atoms with Gasteiger partial charge in [0.2, 0.25) is 35.1 Å². The minimum atomic E-state index is -1.15. The van der Waals surface area contributed by atoms with Crippen molar-refractivity contribution in [1.82, 2.24) is 26.1 Å². The van der Waals surface area contributed by atoms with Crippen molar-refractivity contribution in [3.63, 3.8) is 0 Å². The van der Waals surface area contributed by atoms with Crippen molar-refractivity contribution in [1.29, 1.82) is 0 Å². The van der Waals surface area contributed by atoms with Crippen LogP contribution >= 0.6 is 68.0 Å². The molecular weight excluding hydrogens is 2090 g/mol. The summed E-state index contributed by atoms with van der Waals surface area (Å²) < 4.78 is 88.9. The van der Waals surface area contributed by atoms with E-state index >= 15 is 0 Å². The van der Waals surface area contributed by atoms with Crippen molar-refractivity contribution in [3.05, 3.63) is 0 Å². The Bertz CT molecular complexity index is 3520. The van der Waals surface area contributed by atoms with Crippen LogP contribution in [0.4, 0.5) is 0 Å². The number of hydrogen-bond acceptors (Lipinski definition) is 36. The van der Waals surface area contributed by atoms with Gasteiger partial charge in [0.25, 0.3) is 30.1 Å². The minimum absolute atomic E-state index is 0. The molecule has 0 aromatic carbocycles. The Labute approximate surface area is 960 Å². The number of amides is 7. The van der Waals surface area contributed by atoms with Gasteiger partial charge in [0.1, 0.15) is 66.0 Å². The third-order valence-electron chi connectivity index (χ3n) is 24.1. The number of ether oxygens (including phenoxy) is 15. The SMILES string of the molecule is C1CCCCCCCCCCCCCCCCC1.C1CCCCCCCCCCCCCCCCC1.CC(=O)SCC(=O)NC[C@@]12OC[C@H]3OC(C)(C)O[C@H]3[C@@H]1OC(C)(C)O2.CC(=O)SCC(=O)ON1C(=O)CCC1=O.CC1(C)O[C@@H]2[C@@H](CO[C@@]3(CN)OC(C)(C)O[C@@H]23)O1.CC1(C)O[C@@H]2[C@@H](CO[C@@]3(CNC(=O)CS)OC(C)(C)O[C@@H]23)O1.CN.CNC(=O)CBr.O=C(CBr)ON1C(=O)CCC1=O.O=CO[O-].[H-].[K+].[K+]. The molecule has 0 spiro atoms. The zero-order chi connectivity index (χ0) is 104. The first-order valence-corrected chi connectivity index (χ1v) is 55.2. The van der Waals surface area contributed by atoms with E-state index in [2.05, 4.69) is 80.7 Å². The van der Waals surface area contributed by atoms with Crippen molar-refractivity contribution in [2.24, 2.45) is 11.5 Å². The zero-order valence-corrected chi connectivity index (χ0v) is 100. The third kappa shape index (κ3) is 51.8. The van der Waals surface area contributed by atoms with Crippen molar-refractivity contribution in [2.45, 2.75) is 461 Å². The quantitative estimate of drug-likeness (QED) is 0.0174. The van der Waals surface area contributed by atoms with E-state index < -0.39 is 99.9 Å². The van der Waals surface area contributed by atoms with Gasteiger partial charge in [-0.1, -0.05) is 287 Å². The number of hydroxylamine groups is 4. The standard InChI is InChI=1S/2C18H36.C16H25NO7S.C14H23NO6S.C12H21NO5.C8H9NO5S.C6H6BrNO4.C3H6BrNO.CH5N.CH2O3.2K.H/c2*1-2-4-6-8-10-12-14-16-18-17-15-13-11-9-7-5-3-1;1-9(18)25-7-11(19)17-8-16-13(23-15(4,5)24-16)12-10(6-20-16)21-14(2,3)22-12;1-12(2)18-8-5-17-14(7-15-9(16)6-22)11(10(8)19-12)20-13(3,4)21-14;1-10(2)15-7-5-14-12(6-13)9(8(7)16-10)17-11(3,4)18-12;1-5(10)15-4-8(13)14-9-6(11)2-3-7(9)12;7-3-6(11)12-8-4(9)1-2-5(8)10;1-5-3(6)2-4;1-2;2-1-4-3;;;/h2*1-18H2;10,12-13H,6-8H2,1-5H3,(H,17,19);8,10-11,22H,5-7H2,1-4H3,(H,15,16);7-9H,5-6,13H2,1-4H3;2-4H2,1H3;1-3H2;2H2,1H3,(H,5,6);2H2,1H3;1,3H;;;/q;;;;;;;;;;2*+1;-1/p-1/t;;10-,12-,13+,16+;8-,10-,11+,14+;7-,8-,9+,12+;;;;;;;;/m..111......../s1. The second-order valence-corrected chi connectivity index (χ2v) is 42.6. The van der Waals surface area contributed by atoms with Gasteiger partial charge < -0.3 is 120 Å². The number of rotatable bonds is 15. The number of carbonyl (C=O) groups is 12. The predicted octanol–water partition coefficient (Wildman–Crippen LogP) is 7.72. The Morgan fingerprint density at radius 2 is 0.655 bits per heavy atom. The van der Waals surface area contributed by atoms with Crippen LogP contribution in [0, 0.1) is 0 Å². The predicted molar refractivity (Wildman–Crippen MR) is 533 cm³/mol. The summed E-state index contributed by atoms with van der Waals surface area (Å²) >= 11 is 11.5. The Kier molecular flexibility index (Phi) is 69.4. The average molecular weight is 2260 g/mol. The summed E-state index contributed by atoms with van der Waals surface area (Å²) in [5, 5.41) is 17.4. The number of halogens is 2. The molecule has 142 heavy (non-hydrogen) atoms. The van der Waals surface area contributed by atoms with Gasteiger partial charge >= 0.3 is 115 Å². The van der Waals surface area contributed by atoms with Crippen LogP contribution in [0.1, 0.15) is 355 Å². The van der Waals surface area contributed by atoms with Crippen LogP contribution in [0.2, 0.25) is 0 Å². The number of imide groups is 2. The Morgan fingerprint density at radius 1 is 0.408 bits per heavy atom. The summed E-state index contributed by atoms with van der Waals surface area (Å²) in [6.45, 7) is 26.1. The number of nitrogens with zero attached hydrogens (tertiary/aromatic N) is 2. The van der Waals surface area contributed by atoms with E-state index in [4.69, 9.17) is 86.8 Å². The Hall–Kier alpha value is -0.997. The summed E-state index contributed by atoms with van der Waals surface area (Å²) in [5.74, 6) is -11.5. The summed E-state index contributed by atoms with van der Waals surface area (Å²) in [6.07, 6.45) is 51.5. The smallest absolute Gasteiger partial charge is 1.00 e. The average Bonchev–Trinajstić information content (AvgIpc) is 1.58. The molecule has 0 unspecified atom stereocenters. The van der Waals surface area contributed by atoms with Gasteiger partial charge in [0, 0.05) is 46.6 Å². The molecule has 7 N–H and O–H groups in total. The van der Waals surface area contributed by atoms with Gasteiger partial charge in [-0.2, -0.15) is 12.6 Å². The molecule has 13 rings (SSSR count). The van der Waals surface area contributed by atoms with Crippen LogP contribution < -0.4 is 135 Å². The van der Waals surface area contributed by atoms with Gasteiger partial charge in [-0.3, -0.25) is 47.9 Å². The molecule has 38 nitrogen and oxygen atoms in total. The second kappa shape index (κ2) is 71.9. The van der Waals surface area contributed by atoms with Crippen molar-refractivity contribution >= 4 is 138 Å². The van der Waals surface area contributed by atoms with E-state index in [1.165, 1.54) is 252 Å². The topological polar surface area (TPSA) is 489 Å². The molecule has 11 saturated heterocycles. The summed E-state index contributed by atoms with van der Waals surface area (Å²) in [5.41, 5.74) is 10.3. The summed E-state index contributed by atoms with van der Waals surface area (Å²) in [4.78, 5) is 141. The minimum Gasteiger partial charge on any atom is -1.00 e. The molecule has 0 aromatic rings. The molecule has 812 valence electrons. The Morgan fingerprint density at radius 3 is 0.887 bits per heavy atom. The van der Waals surface area contributed by atoms with Gasteiger partial charge in [0.05, 0.1) is 56.3 Å². The molecule has 45 heteroatoms. The Balaban J connectivity index is 0.000000822. The fourth-order valence-electron chi connectivity index (χ4n) is 17.9. The molecule has 13 fully saturated rings. The van der Waals surface area contributed by atoms with E-state index in [-0.39, 0.29) is 256 Å². The van der Waals surface area contributed by atoms with Crippen LogP contribution in [0.5, 0.6) is 0 Å². The molecular formula is C97H169Br2K2N7O31S3. The van der Waals surface area contributed by atoms with Crippen LogP contribution in [0.15, 0.2) is 0 Å². The fraction of sp³-hybridized carbons (Fsp3) is 0.876. The van der Waals surface area contributed by atoms with Crippen LogP contribution in [-0.4, -0.2) is 269 Å². The van der Waals surface area contributed by atoms with E-state index in [1.54, 1.807) is 20.9 Å². The first-order valence-electron chi connectivity index (χ1n) is 50.3. The molecule has 12 atom stereocenters. The van der Waals surface area contributed by atoms with E-state index in [9.17, 15) is 52.7 Å². The fourth-order valence-corrected chi connectivity index (χ4v) is 19.2. The van der Waals surface area contributed by atoms with Gasteiger partial charge in [-0.25, -0.2) is 9.59 Å². The maximum absolute atomic E-state index is 12.0. The van der Waals surface area contributed by atoms with Gasteiger partial charge in [-0.15, -0.1) is 10.1 Å². The molecule has 11 aliphatic heterocycles. The van der Waals surface area contributed by atoms with Crippen LogP contribution in [-0.2, 0) is 143 Å². The molecule has 0 bridgehead atoms. The molecule has 7 amide bonds. The number of alkyl halides is 2. The van der Waals surface area contributed by atoms with Gasteiger partial charge in [0.15, 0.2) is 45.0 Å². The van der Waals surface area contributed by atoms with E-state index in [0.717, 1.165) is 23.5 Å². The van der Waals surface area contributed by atoms with Crippen molar-refractivity contribution < 1.29 is 253 Å². The third-order valence-corrected chi connectivity index (χ3v) is 26.9. The van der Waals surface area contributed by atoms with E-state index in [1.807, 2.05) is 69.2 Å². The maximum Gasteiger partial charge on any atom is 1.00 e.